The Morgan fingerprint density at radius 2 is 2.35 bits per heavy atom. The zero-order valence-corrected chi connectivity index (χ0v) is 13.1. The van der Waals surface area contributed by atoms with Crippen LogP contribution in [-0.2, 0) is 26.1 Å². The fraction of sp³-hybridized carbons (Fsp3) is 0.500. The van der Waals surface area contributed by atoms with Crippen LogP contribution in [0.2, 0.25) is 0 Å². The highest BCUT2D eigenvalue weighted by molar-refractivity contribution is 7.10. The Balaban J connectivity index is 1.64. The molecule has 108 valence electrons. The van der Waals surface area contributed by atoms with Crippen molar-refractivity contribution in [1.82, 2.24) is 10.2 Å². The minimum atomic E-state index is 0.830. The van der Waals surface area contributed by atoms with E-state index in [1.54, 1.807) is 4.88 Å². The van der Waals surface area contributed by atoms with Gasteiger partial charge in [0, 0.05) is 18.0 Å². The van der Waals surface area contributed by atoms with Gasteiger partial charge >= 0.3 is 0 Å². The fourth-order valence-corrected chi connectivity index (χ4v) is 3.63. The number of nitrogens with one attached hydrogen (secondary N) is 1. The standard InChI is InChI=1S/C16H22N2OS/c1-3-17-9-15-12(2)8-14(19-15)11-18-6-4-16-13(10-18)5-7-20-16/h5,7-8,17H,3-4,6,9-11H2,1-2H3. The highest BCUT2D eigenvalue weighted by atomic mass is 32.1. The molecular formula is C16H22N2OS. The van der Waals surface area contributed by atoms with Crippen LogP contribution in [-0.4, -0.2) is 18.0 Å². The van der Waals surface area contributed by atoms with E-state index < -0.39 is 0 Å². The predicted octanol–water partition coefficient (Wildman–Crippen LogP) is 3.32. The van der Waals surface area contributed by atoms with E-state index in [4.69, 9.17) is 4.42 Å². The summed E-state index contributed by atoms with van der Waals surface area (Å²) >= 11 is 1.89. The molecule has 0 saturated heterocycles. The fourth-order valence-electron chi connectivity index (χ4n) is 2.74. The molecule has 0 saturated carbocycles. The molecule has 0 radical (unpaired) electrons. The Labute approximate surface area is 124 Å². The van der Waals surface area contributed by atoms with Gasteiger partial charge in [0.15, 0.2) is 0 Å². The first kappa shape index (κ1) is 13.9. The summed E-state index contributed by atoms with van der Waals surface area (Å²) in [5.74, 6) is 2.17. The van der Waals surface area contributed by atoms with Crippen LogP contribution in [0, 0.1) is 6.92 Å². The number of nitrogens with zero attached hydrogens (tertiary/aromatic N) is 1. The van der Waals surface area contributed by atoms with Crippen molar-refractivity contribution < 1.29 is 4.42 Å². The molecule has 3 nitrogen and oxygen atoms in total. The monoisotopic (exact) mass is 290 g/mol. The second-order valence-corrected chi connectivity index (χ2v) is 6.43. The first-order chi connectivity index (χ1) is 9.76. The van der Waals surface area contributed by atoms with Crippen molar-refractivity contribution in [2.75, 3.05) is 13.1 Å². The molecule has 4 heteroatoms. The summed E-state index contributed by atoms with van der Waals surface area (Å²) in [4.78, 5) is 4.04. The quantitative estimate of drug-likeness (QED) is 0.915. The van der Waals surface area contributed by atoms with Gasteiger partial charge < -0.3 is 9.73 Å². The van der Waals surface area contributed by atoms with Crippen LogP contribution < -0.4 is 5.32 Å². The summed E-state index contributed by atoms with van der Waals surface area (Å²) < 4.78 is 5.99. The van der Waals surface area contributed by atoms with Crippen LogP contribution in [0.5, 0.6) is 0 Å². The second kappa shape index (κ2) is 6.12. The van der Waals surface area contributed by atoms with Gasteiger partial charge in [-0.2, -0.15) is 0 Å². The number of fused-ring (bicyclic) bond motifs is 1. The van der Waals surface area contributed by atoms with Crippen LogP contribution in [0.1, 0.15) is 34.4 Å². The van der Waals surface area contributed by atoms with Crippen molar-refractivity contribution in [2.45, 2.75) is 39.9 Å². The molecular weight excluding hydrogens is 268 g/mol. The summed E-state index contributed by atoms with van der Waals surface area (Å²) in [6.45, 7) is 9.16. The van der Waals surface area contributed by atoms with E-state index in [9.17, 15) is 0 Å². The maximum Gasteiger partial charge on any atom is 0.120 e. The number of hydrogen-bond donors (Lipinski definition) is 1. The van der Waals surface area contributed by atoms with Gasteiger partial charge in [-0.3, -0.25) is 4.90 Å². The molecule has 2 aromatic rings. The Hall–Kier alpha value is -1.10. The largest absolute Gasteiger partial charge is 0.463 e. The average molecular weight is 290 g/mol. The van der Waals surface area contributed by atoms with Crippen LogP contribution in [0.3, 0.4) is 0 Å². The number of thiophene rings is 1. The zero-order valence-electron chi connectivity index (χ0n) is 12.2. The Morgan fingerprint density at radius 1 is 1.45 bits per heavy atom. The third kappa shape index (κ3) is 2.97. The average Bonchev–Trinajstić information content (AvgIpc) is 3.03. The molecule has 0 atom stereocenters. The minimum Gasteiger partial charge on any atom is -0.463 e. The first-order valence-electron chi connectivity index (χ1n) is 7.32. The molecule has 0 fully saturated rings. The number of hydrogen-bond acceptors (Lipinski definition) is 4. The highest BCUT2D eigenvalue weighted by Gasteiger charge is 2.18. The number of rotatable bonds is 5. The number of aryl methyl sites for hydroxylation is 1. The van der Waals surface area contributed by atoms with Crippen molar-refractivity contribution >= 4 is 11.3 Å². The molecule has 3 heterocycles. The van der Waals surface area contributed by atoms with Crippen LogP contribution in [0.25, 0.3) is 0 Å². The Bertz CT molecular complexity index is 573. The minimum absolute atomic E-state index is 0.830. The lowest BCUT2D eigenvalue weighted by Gasteiger charge is -2.25. The highest BCUT2D eigenvalue weighted by Crippen LogP contribution is 2.25. The van der Waals surface area contributed by atoms with Gasteiger partial charge in [-0.15, -0.1) is 11.3 Å². The van der Waals surface area contributed by atoms with E-state index in [2.05, 4.69) is 41.6 Å². The maximum absolute atomic E-state index is 5.99. The zero-order chi connectivity index (χ0) is 13.9. The third-order valence-corrected chi connectivity index (χ3v) is 4.90. The van der Waals surface area contributed by atoms with E-state index in [0.29, 0.717) is 0 Å². The number of furan rings is 1. The second-order valence-electron chi connectivity index (χ2n) is 5.43. The molecule has 1 N–H and O–H groups in total. The molecule has 3 rings (SSSR count). The van der Waals surface area contributed by atoms with Gasteiger partial charge in [-0.25, -0.2) is 0 Å². The summed E-state index contributed by atoms with van der Waals surface area (Å²) in [7, 11) is 0. The molecule has 0 aromatic carbocycles. The molecule has 1 aliphatic heterocycles. The summed E-state index contributed by atoms with van der Waals surface area (Å²) in [6.07, 6.45) is 1.18. The SMILES string of the molecule is CCNCc1oc(CN2CCc3sccc3C2)cc1C. The predicted molar refractivity (Wildman–Crippen MR) is 83.0 cm³/mol. The van der Waals surface area contributed by atoms with Gasteiger partial charge in [-0.1, -0.05) is 6.92 Å². The molecule has 0 unspecified atom stereocenters. The summed E-state index contributed by atoms with van der Waals surface area (Å²) in [5.41, 5.74) is 2.76. The van der Waals surface area contributed by atoms with Gasteiger partial charge in [0.2, 0.25) is 0 Å². The van der Waals surface area contributed by atoms with Crippen LogP contribution >= 0.6 is 11.3 Å². The topological polar surface area (TPSA) is 28.4 Å². The first-order valence-corrected chi connectivity index (χ1v) is 8.20. The lowest BCUT2D eigenvalue weighted by atomic mass is 10.1. The van der Waals surface area contributed by atoms with E-state index in [1.807, 2.05) is 11.3 Å². The summed E-state index contributed by atoms with van der Waals surface area (Å²) in [6, 6.07) is 4.45. The summed E-state index contributed by atoms with van der Waals surface area (Å²) in [5, 5.41) is 5.53. The van der Waals surface area contributed by atoms with Gasteiger partial charge in [-0.05, 0) is 48.5 Å². The van der Waals surface area contributed by atoms with Crippen LogP contribution in [0.15, 0.2) is 21.9 Å². The van der Waals surface area contributed by atoms with Gasteiger partial charge in [0.1, 0.15) is 11.5 Å². The lowest BCUT2D eigenvalue weighted by molar-refractivity contribution is 0.225. The molecule has 0 amide bonds. The third-order valence-electron chi connectivity index (χ3n) is 3.87. The maximum atomic E-state index is 5.99. The van der Waals surface area contributed by atoms with Gasteiger partial charge in [0.05, 0.1) is 13.1 Å². The van der Waals surface area contributed by atoms with Crippen molar-refractivity contribution in [2.24, 2.45) is 0 Å². The van der Waals surface area contributed by atoms with E-state index in [0.717, 1.165) is 44.2 Å². The molecule has 20 heavy (non-hydrogen) atoms. The molecule has 0 bridgehead atoms. The van der Waals surface area contributed by atoms with Crippen molar-refractivity contribution in [3.63, 3.8) is 0 Å². The van der Waals surface area contributed by atoms with Crippen molar-refractivity contribution in [3.8, 4) is 0 Å². The molecule has 0 spiro atoms. The van der Waals surface area contributed by atoms with E-state index in [1.165, 1.54) is 17.5 Å². The van der Waals surface area contributed by atoms with Gasteiger partial charge in [0.25, 0.3) is 0 Å². The molecule has 2 aromatic heterocycles. The van der Waals surface area contributed by atoms with Crippen molar-refractivity contribution in [1.29, 1.82) is 0 Å². The lowest BCUT2D eigenvalue weighted by Crippen LogP contribution is -2.28. The Morgan fingerprint density at radius 3 is 3.20 bits per heavy atom. The van der Waals surface area contributed by atoms with Crippen molar-refractivity contribution in [3.05, 3.63) is 45.0 Å². The molecule has 0 aliphatic carbocycles. The van der Waals surface area contributed by atoms with E-state index >= 15 is 0 Å². The van der Waals surface area contributed by atoms with Crippen LogP contribution in [0.4, 0.5) is 0 Å². The Kier molecular flexibility index (Phi) is 4.24. The normalized spacial score (nSPS) is 15.5. The van der Waals surface area contributed by atoms with E-state index in [-0.39, 0.29) is 0 Å². The molecule has 1 aliphatic rings. The smallest absolute Gasteiger partial charge is 0.120 e.